The van der Waals surface area contributed by atoms with E-state index in [0.29, 0.717) is 31.2 Å². The van der Waals surface area contributed by atoms with Gasteiger partial charge in [0.25, 0.3) is 0 Å². The fraction of sp³-hybridized carbons (Fsp3) is 0.314. The Balaban J connectivity index is 1.29. The minimum atomic E-state index is -1.43. The van der Waals surface area contributed by atoms with E-state index in [1.807, 2.05) is 54.7 Å². The summed E-state index contributed by atoms with van der Waals surface area (Å²) in [5.74, 6) is -4.88. The fourth-order valence-electron chi connectivity index (χ4n) is 5.96. The predicted molar refractivity (Wildman–Crippen MR) is 165 cm³/mol. The summed E-state index contributed by atoms with van der Waals surface area (Å²) >= 11 is 0. The molecular weight excluding hydrogens is 577 g/mol. The molecule has 0 aliphatic carbocycles. The van der Waals surface area contributed by atoms with Crippen LogP contribution < -0.4 is 4.90 Å². The van der Waals surface area contributed by atoms with Crippen molar-refractivity contribution in [1.82, 2.24) is 10.2 Å². The Morgan fingerprint density at radius 1 is 0.844 bits per heavy atom. The molecule has 0 radical (unpaired) electrons. The van der Waals surface area contributed by atoms with Crippen molar-refractivity contribution < 1.29 is 34.1 Å². The molecule has 0 unspecified atom stereocenters. The second-order valence-corrected chi connectivity index (χ2v) is 11.5. The summed E-state index contributed by atoms with van der Waals surface area (Å²) in [6.45, 7) is 0. The Labute approximate surface area is 260 Å². The number of carbonyl (C=O) groups excluding carboxylic acids is 1. The van der Waals surface area contributed by atoms with Crippen LogP contribution in [0.15, 0.2) is 85.2 Å². The van der Waals surface area contributed by atoms with Gasteiger partial charge in [0.05, 0.1) is 24.3 Å². The highest BCUT2D eigenvalue weighted by molar-refractivity contribution is 6.03. The number of halogens is 1. The molecule has 1 fully saturated rings. The van der Waals surface area contributed by atoms with Gasteiger partial charge in [0.15, 0.2) is 5.92 Å². The molecule has 0 bridgehead atoms. The molecule has 1 saturated heterocycles. The largest absolute Gasteiger partial charge is 0.481 e. The molecule has 2 heterocycles. The summed E-state index contributed by atoms with van der Waals surface area (Å²) in [6, 6.07) is 21.2. The van der Waals surface area contributed by atoms with Gasteiger partial charge in [-0.2, -0.15) is 5.10 Å². The molecule has 234 valence electrons. The zero-order chi connectivity index (χ0) is 31.9. The quantitative estimate of drug-likeness (QED) is 0.100. The summed E-state index contributed by atoms with van der Waals surface area (Å²) in [4.78, 5) is 37.7. The Kier molecular flexibility index (Phi) is 10.0. The lowest BCUT2D eigenvalue weighted by molar-refractivity contribution is -0.154. The third-order valence-electron chi connectivity index (χ3n) is 8.57. The monoisotopic (exact) mass is 613 g/mol. The topological polar surface area (TPSA) is 144 Å². The SMILES string of the molecule is O=C(O)C(CCCc1ccc([C@@H]2[C@@H](CC[C@H](O)c3ccc(F)cc3)C(=O)N2c2ccc(CCc3cn[nH]c3)cc2)cc1)C(=O)O. The molecule has 1 amide bonds. The van der Waals surface area contributed by atoms with Crippen molar-refractivity contribution in [3.05, 3.63) is 119 Å². The number of aliphatic hydroxyl groups excluding tert-OH is 1. The number of aromatic nitrogens is 2. The number of carbonyl (C=O) groups is 3. The zero-order valence-corrected chi connectivity index (χ0v) is 24.7. The van der Waals surface area contributed by atoms with Gasteiger partial charge in [-0.25, -0.2) is 4.39 Å². The van der Waals surface area contributed by atoms with Crippen LogP contribution in [0.25, 0.3) is 0 Å². The van der Waals surface area contributed by atoms with Gasteiger partial charge in [0, 0.05) is 11.9 Å². The highest BCUT2D eigenvalue weighted by Gasteiger charge is 2.48. The number of aliphatic carboxylic acids is 2. The van der Waals surface area contributed by atoms with Gasteiger partial charge in [-0.15, -0.1) is 0 Å². The highest BCUT2D eigenvalue weighted by atomic mass is 19.1. The summed E-state index contributed by atoms with van der Waals surface area (Å²) in [6.07, 6.45) is 6.28. The lowest BCUT2D eigenvalue weighted by atomic mass is 9.78. The molecule has 4 N–H and O–H groups in total. The van der Waals surface area contributed by atoms with E-state index in [4.69, 9.17) is 10.2 Å². The molecule has 3 aromatic carbocycles. The minimum absolute atomic E-state index is 0.0325. The maximum absolute atomic E-state index is 13.6. The molecule has 3 atom stereocenters. The van der Waals surface area contributed by atoms with Crippen LogP contribution in [0.3, 0.4) is 0 Å². The molecule has 1 aromatic heterocycles. The van der Waals surface area contributed by atoms with Crippen LogP contribution in [0, 0.1) is 17.7 Å². The van der Waals surface area contributed by atoms with Crippen molar-refractivity contribution in [1.29, 1.82) is 0 Å². The number of β-lactam (4-membered cyclic amide) rings is 1. The van der Waals surface area contributed by atoms with E-state index in [9.17, 15) is 23.9 Å². The van der Waals surface area contributed by atoms with Crippen LogP contribution in [-0.4, -0.2) is 43.4 Å². The average molecular weight is 614 g/mol. The predicted octanol–water partition coefficient (Wildman–Crippen LogP) is 5.66. The van der Waals surface area contributed by atoms with Gasteiger partial charge >= 0.3 is 11.9 Å². The van der Waals surface area contributed by atoms with Crippen LogP contribution in [0.4, 0.5) is 10.1 Å². The van der Waals surface area contributed by atoms with Crippen molar-refractivity contribution in [2.45, 2.75) is 57.1 Å². The van der Waals surface area contributed by atoms with Crippen molar-refractivity contribution in [3.8, 4) is 0 Å². The van der Waals surface area contributed by atoms with E-state index in [1.165, 1.54) is 12.1 Å². The van der Waals surface area contributed by atoms with Crippen LogP contribution in [0.2, 0.25) is 0 Å². The molecule has 9 nitrogen and oxygen atoms in total. The number of hydrogen-bond acceptors (Lipinski definition) is 5. The smallest absolute Gasteiger partial charge is 0.317 e. The summed E-state index contributed by atoms with van der Waals surface area (Å²) < 4.78 is 13.4. The van der Waals surface area contributed by atoms with Gasteiger partial charge < -0.3 is 20.2 Å². The van der Waals surface area contributed by atoms with Gasteiger partial charge in [-0.05, 0) is 97.0 Å². The fourth-order valence-corrected chi connectivity index (χ4v) is 5.96. The van der Waals surface area contributed by atoms with E-state index in [-0.39, 0.29) is 30.1 Å². The van der Waals surface area contributed by atoms with Crippen molar-refractivity contribution in [3.63, 3.8) is 0 Å². The summed E-state index contributed by atoms with van der Waals surface area (Å²) in [5.41, 5.74) is 5.51. The van der Waals surface area contributed by atoms with Gasteiger partial charge in [-0.1, -0.05) is 48.5 Å². The molecule has 10 heteroatoms. The number of carboxylic acid groups (broad SMARTS) is 2. The third-order valence-corrected chi connectivity index (χ3v) is 8.57. The number of anilines is 1. The maximum Gasteiger partial charge on any atom is 0.317 e. The number of benzene rings is 3. The number of amides is 1. The molecular formula is C35H36FN3O6. The number of H-pyrrole nitrogens is 1. The van der Waals surface area contributed by atoms with Crippen molar-refractivity contribution >= 4 is 23.5 Å². The minimum Gasteiger partial charge on any atom is -0.481 e. The van der Waals surface area contributed by atoms with Gasteiger partial charge in [0.2, 0.25) is 5.91 Å². The lowest BCUT2D eigenvalue weighted by Crippen LogP contribution is -2.55. The highest BCUT2D eigenvalue weighted by Crippen LogP contribution is 2.46. The summed E-state index contributed by atoms with van der Waals surface area (Å²) in [5, 5.41) is 35.8. The second kappa shape index (κ2) is 14.3. The zero-order valence-electron chi connectivity index (χ0n) is 24.7. The van der Waals surface area contributed by atoms with Gasteiger partial charge in [-0.3, -0.25) is 19.5 Å². The van der Waals surface area contributed by atoms with Crippen LogP contribution in [-0.2, 0) is 33.6 Å². The lowest BCUT2D eigenvalue weighted by Gasteiger charge is -2.48. The normalized spacial score (nSPS) is 16.9. The van der Waals surface area contributed by atoms with E-state index in [2.05, 4.69) is 10.2 Å². The molecule has 0 saturated carbocycles. The van der Waals surface area contributed by atoms with Gasteiger partial charge in [0.1, 0.15) is 5.82 Å². The molecule has 1 aliphatic rings. The first-order valence-corrected chi connectivity index (χ1v) is 15.1. The number of carboxylic acids is 2. The Hall–Kier alpha value is -4.83. The number of aliphatic hydroxyl groups is 1. The number of nitrogens with zero attached hydrogens (tertiary/aromatic N) is 2. The maximum atomic E-state index is 13.6. The number of aryl methyl sites for hydroxylation is 3. The first-order valence-electron chi connectivity index (χ1n) is 15.1. The Morgan fingerprint density at radius 2 is 1.47 bits per heavy atom. The molecule has 5 rings (SSSR count). The Morgan fingerprint density at radius 3 is 2.09 bits per heavy atom. The molecule has 1 aliphatic heterocycles. The Bertz CT molecular complexity index is 1580. The standard InChI is InChI=1S/C35H36FN3O6/c36-27-14-12-25(13-15-27)31(40)19-18-29-32(26-10-6-22(7-11-26)2-1-3-30(34(42)43)35(44)45)39(33(29)41)28-16-8-23(9-17-28)4-5-24-20-37-38-21-24/h6-17,20-21,29-32,40H,1-5,18-19H2,(H,37,38)(H,42,43)(H,44,45)/t29-,31+,32-/m1/s1. The average Bonchev–Trinajstić information content (AvgIpc) is 3.56. The molecule has 0 spiro atoms. The molecule has 4 aromatic rings. The van der Waals surface area contributed by atoms with E-state index < -0.39 is 24.0 Å². The van der Waals surface area contributed by atoms with Crippen molar-refractivity contribution in [2.75, 3.05) is 4.90 Å². The third kappa shape index (κ3) is 7.64. The van der Waals surface area contributed by atoms with Crippen molar-refractivity contribution in [2.24, 2.45) is 11.8 Å². The van der Waals surface area contributed by atoms with Crippen LogP contribution >= 0.6 is 0 Å². The first kappa shape index (κ1) is 31.6. The number of aromatic amines is 1. The van der Waals surface area contributed by atoms with E-state index in [1.54, 1.807) is 23.2 Å². The second-order valence-electron chi connectivity index (χ2n) is 11.5. The first-order chi connectivity index (χ1) is 21.7. The van der Waals surface area contributed by atoms with E-state index in [0.717, 1.165) is 40.8 Å². The van der Waals surface area contributed by atoms with Crippen LogP contribution in [0.5, 0.6) is 0 Å². The van der Waals surface area contributed by atoms with Crippen LogP contribution in [0.1, 0.15) is 65.6 Å². The molecule has 45 heavy (non-hydrogen) atoms. The van der Waals surface area contributed by atoms with E-state index >= 15 is 0 Å². The number of nitrogens with one attached hydrogen (secondary N) is 1. The number of hydrogen-bond donors (Lipinski definition) is 4. The number of rotatable bonds is 15. The summed E-state index contributed by atoms with van der Waals surface area (Å²) in [7, 11) is 0.